The van der Waals surface area contributed by atoms with E-state index < -0.39 is 11.7 Å². The Balaban J connectivity index is 1.47. The lowest BCUT2D eigenvalue weighted by Gasteiger charge is -2.41. The molecule has 4 aliphatic rings. The molecular formula is C24H30F3N3. The normalized spacial score (nSPS) is 34.5. The molecule has 2 aliphatic heterocycles. The molecule has 0 amide bonds. The molecule has 2 heterocycles. The molecule has 162 valence electrons. The molecule has 1 N–H and O–H groups in total. The van der Waals surface area contributed by atoms with Gasteiger partial charge in [-0.25, -0.2) is 0 Å². The zero-order chi connectivity index (χ0) is 20.9. The number of allylic oxidation sites excluding steroid dienone is 3. The maximum Gasteiger partial charge on any atom is 0.416 e. The number of likely N-dealkylation sites (N-methyl/N-ethyl adjacent to an activating group) is 1. The van der Waals surface area contributed by atoms with E-state index in [0.29, 0.717) is 17.9 Å². The van der Waals surface area contributed by atoms with Crippen LogP contribution in [0.5, 0.6) is 0 Å². The number of hydrogen-bond donors (Lipinski definition) is 1. The average molecular weight is 418 g/mol. The highest BCUT2D eigenvalue weighted by molar-refractivity contribution is 5.59. The van der Waals surface area contributed by atoms with Gasteiger partial charge in [0.1, 0.15) is 0 Å². The van der Waals surface area contributed by atoms with Gasteiger partial charge in [0, 0.05) is 49.9 Å². The number of fused-ring (bicyclic) bond motifs is 3. The molecule has 0 bridgehead atoms. The maximum absolute atomic E-state index is 13.4. The summed E-state index contributed by atoms with van der Waals surface area (Å²) in [6.45, 7) is 4.25. The SMILES string of the molecule is CN1CCN([C@@H]2C[C@@H]3[C@H](C2)c2cc(C(F)(F)F)ccc2N[C@H]3C2C=CC=CC2)CC1. The lowest BCUT2D eigenvalue weighted by Crippen LogP contribution is -2.48. The minimum atomic E-state index is -4.30. The fraction of sp³-hybridized carbons (Fsp3) is 0.583. The Morgan fingerprint density at radius 3 is 2.53 bits per heavy atom. The highest BCUT2D eigenvalue weighted by atomic mass is 19.4. The van der Waals surface area contributed by atoms with Crippen LogP contribution in [0.15, 0.2) is 42.5 Å². The van der Waals surface area contributed by atoms with Crippen LogP contribution in [0.25, 0.3) is 0 Å². The van der Waals surface area contributed by atoms with Crippen LogP contribution >= 0.6 is 0 Å². The van der Waals surface area contributed by atoms with E-state index in [1.54, 1.807) is 6.07 Å². The first-order chi connectivity index (χ1) is 14.4. The molecule has 30 heavy (non-hydrogen) atoms. The molecule has 3 nitrogen and oxygen atoms in total. The van der Waals surface area contributed by atoms with Crippen molar-refractivity contribution in [3.05, 3.63) is 53.6 Å². The van der Waals surface area contributed by atoms with Gasteiger partial charge in [0.2, 0.25) is 0 Å². The predicted octanol–water partition coefficient (Wildman–Crippen LogP) is 4.74. The topological polar surface area (TPSA) is 18.5 Å². The standard InChI is InChI=1S/C24H30F3N3/c1-29-9-11-30(12-10-29)18-14-19-20-13-17(24(25,26)27)7-8-22(20)28-23(21(19)15-18)16-5-3-2-4-6-16/h2-5,7-8,13,16,18-19,21,23,28H,6,9-12,14-15H2,1H3/t16?,18-,19+,21+,23-/m0/s1. The molecule has 0 spiro atoms. The summed E-state index contributed by atoms with van der Waals surface area (Å²) in [7, 11) is 2.16. The fourth-order valence-electron chi connectivity index (χ4n) is 6.04. The number of nitrogens with one attached hydrogen (secondary N) is 1. The predicted molar refractivity (Wildman–Crippen MR) is 114 cm³/mol. The second-order valence-corrected chi connectivity index (χ2v) is 9.42. The number of nitrogens with zero attached hydrogens (tertiary/aromatic N) is 2. The largest absolute Gasteiger partial charge is 0.416 e. The van der Waals surface area contributed by atoms with Crippen molar-refractivity contribution in [2.75, 3.05) is 38.5 Å². The molecule has 5 rings (SSSR count). The van der Waals surface area contributed by atoms with E-state index in [4.69, 9.17) is 0 Å². The number of rotatable bonds is 2. The number of alkyl halides is 3. The van der Waals surface area contributed by atoms with E-state index in [0.717, 1.165) is 56.7 Å². The summed E-state index contributed by atoms with van der Waals surface area (Å²) in [6.07, 6.45) is 7.40. The van der Waals surface area contributed by atoms with Gasteiger partial charge < -0.3 is 10.2 Å². The van der Waals surface area contributed by atoms with Crippen LogP contribution in [-0.2, 0) is 6.18 Å². The maximum atomic E-state index is 13.4. The first-order valence-corrected chi connectivity index (χ1v) is 11.1. The number of piperazine rings is 1. The van der Waals surface area contributed by atoms with Crippen molar-refractivity contribution in [3.63, 3.8) is 0 Å². The summed E-state index contributed by atoms with van der Waals surface area (Å²) in [5.41, 5.74) is 1.25. The highest BCUT2D eigenvalue weighted by Gasteiger charge is 2.47. The van der Waals surface area contributed by atoms with Gasteiger partial charge >= 0.3 is 6.18 Å². The van der Waals surface area contributed by atoms with E-state index in [1.165, 1.54) is 12.1 Å². The second-order valence-electron chi connectivity index (χ2n) is 9.42. The van der Waals surface area contributed by atoms with Gasteiger partial charge in [-0.05, 0) is 61.9 Å². The smallest absolute Gasteiger partial charge is 0.381 e. The van der Waals surface area contributed by atoms with Crippen molar-refractivity contribution >= 4 is 5.69 Å². The monoisotopic (exact) mass is 417 g/mol. The van der Waals surface area contributed by atoms with Gasteiger partial charge in [-0.3, -0.25) is 4.90 Å². The quantitative estimate of drug-likeness (QED) is 0.750. The van der Waals surface area contributed by atoms with Gasteiger partial charge in [0.05, 0.1) is 5.56 Å². The summed E-state index contributed by atoms with van der Waals surface area (Å²) >= 11 is 0. The van der Waals surface area contributed by atoms with E-state index in [2.05, 4.69) is 46.5 Å². The Hall–Kier alpha value is -1.79. The Bertz CT molecular complexity index is 839. The van der Waals surface area contributed by atoms with Crippen molar-refractivity contribution in [2.24, 2.45) is 11.8 Å². The average Bonchev–Trinajstić information content (AvgIpc) is 3.19. The molecule has 2 fully saturated rings. The first-order valence-electron chi connectivity index (χ1n) is 11.1. The molecular weight excluding hydrogens is 387 g/mol. The van der Waals surface area contributed by atoms with E-state index in [1.807, 2.05) is 0 Å². The molecule has 1 aromatic carbocycles. The van der Waals surface area contributed by atoms with Crippen molar-refractivity contribution in [1.29, 1.82) is 0 Å². The van der Waals surface area contributed by atoms with Crippen LogP contribution in [0.2, 0.25) is 0 Å². The first kappa shape index (κ1) is 20.1. The van der Waals surface area contributed by atoms with Gasteiger partial charge in [-0.1, -0.05) is 24.3 Å². The van der Waals surface area contributed by atoms with Crippen LogP contribution in [0, 0.1) is 11.8 Å². The molecule has 1 aromatic rings. The molecule has 0 aromatic heterocycles. The number of benzene rings is 1. The summed E-state index contributed by atoms with van der Waals surface area (Å²) < 4.78 is 40.3. The minimum Gasteiger partial charge on any atom is -0.381 e. The third-order valence-corrected chi connectivity index (χ3v) is 7.68. The summed E-state index contributed by atoms with van der Waals surface area (Å²) in [5.74, 6) is 0.952. The van der Waals surface area contributed by atoms with Gasteiger partial charge in [0.25, 0.3) is 0 Å². The van der Waals surface area contributed by atoms with Crippen molar-refractivity contribution in [3.8, 4) is 0 Å². The van der Waals surface area contributed by atoms with E-state index >= 15 is 0 Å². The summed E-state index contributed by atoms with van der Waals surface area (Å²) in [6, 6.07) is 5.04. The van der Waals surface area contributed by atoms with Crippen LogP contribution in [-0.4, -0.2) is 55.1 Å². The van der Waals surface area contributed by atoms with Crippen LogP contribution in [0.1, 0.15) is 36.3 Å². The van der Waals surface area contributed by atoms with E-state index in [-0.39, 0.29) is 12.0 Å². The van der Waals surface area contributed by atoms with Crippen LogP contribution in [0.3, 0.4) is 0 Å². The minimum absolute atomic E-state index is 0.192. The Morgan fingerprint density at radius 1 is 1.03 bits per heavy atom. The zero-order valence-corrected chi connectivity index (χ0v) is 17.4. The van der Waals surface area contributed by atoms with Gasteiger partial charge in [-0.2, -0.15) is 13.2 Å². The lowest BCUT2D eigenvalue weighted by atomic mass is 9.73. The molecule has 6 heteroatoms. The van der Waals surface area contributed by atoms with Crippen LogP contribution in [0.4, 0.5) is 18.9 Å². The van der Waals surface area contributed by atoms with Crippen molar-refractivity contribution in [1.82, 2.24) is 9.80 Å². The Labute approximate surface area is 176 Å². The highest BCUT2D eigenvalue weighted by Crippen LogP contribution is 2.52. The lowest BCUT2D eigenvalue weighted by molar-refractivity contribution is -0.137. The Morgan fingerprint density at radius 2 is 1.83 bits per heavy atom. The van der Waals surface area contributed by atoms with Gasteiger partial charge in [0.15, 0.2) is 0 Å². The second kappa shape index (κ2) is 7.72. The van der Waals surface area contributed by atoms with E-state index in [9.17, 15) is 13.2 Å². The summed E-state index contributed by atoms with van der Waals surface area (Å²) in [4.78, 5) is 4.94. The molecule has 1 saturated heterocycles. The van der Waals surface area contributed by atoms with Crippen molar-refractivity contribution < 1.29 is 13.2 Å². The fourth-order valence-corrected chi connectivity index (χ4v) is 6.04. The Kier molecular flexibility index (Phi) is 5.18. The van der Waals surface area contributed by atoms with Gasteiger partial charge in [-0.15, -0.1) is 0 Å². The number of hydrogen-bond acceptors (Lipinski definition) is 3. The number of anilines is 1. The molecule has 1 saturated carbocycles. The molecule has 0 radical (unpaired) electrons. The van der Waals surface area contributed by atoms with Crippen LogP contribution < -0.4 is 5.32 Å². The zero-order valence-electron chi connectivity index (χ0n) is 17.4. The molecule has 1 unspecified atom stereocenters. The third kappa shape index (κ3) is 3.69. The molecule has 5 atom stereocenters. The van der Waals surface area contributed by atoms with Crippen molar-refractivity contribution in [2.45, 2.75) is 43.4 Å². The third-order valence-electron chi connectivity index (χ3n) is 7.68. The number of halogens is 3. The summed E-state index contributed by atoms with van der Waals surface area (Å²) in [5, 5.41) is 3.67. The molecule has 2 aliphatic carbocycles.